The fourth-order valence-corrected chi connectivity index (χ4v) is 4.09. The van der Waals surface area contributed by atoms with Gasteiger partial charge in [-0.05, 0) is 30.4 Å². The first-order valence-electron chi connectivity index (χ1n) is 11.9. The minimum atomic E-state index is -0.984. The Labute approximate surface area is 209 Å². The van der Waals surface area contributed by atoms with Gasteiger partial charge in [0.2, 0.25) is 23.6 Å². The molecule has 36 heavy (non-hydrogen) atoms. The molecule has 12 nitrogen and oxygen atoms in total. The van der Waals surface area contributed by atoms with E-state index < -0.39 is 41.8 Å². The zero-order valence-electron chi connectivity index (χ0n) is 20.5. The molecule has 0 unspecified atom stereocenters. The van der Waals surface area contributed by atoms with E-state index in [1.54, 1.807) is 20.0 Å². The number of aromatic amines is 1. The molecule has 3 rings (SSSR count). The van der Waals surface area contributed by atoms with Crippen LogP contribution >= 0.6 is 0 Å². The lowest BCUT2D eigenvalue weighted by Crippen LogP contribution is -2.60. The second-order valence-electron chi connectivity index (χ2n) is 9.14. The summed E-state index contributed by atoms with van der Waals surface area (Å²) in [6.07, 6.45) is 2.62. The van der Waals surface area contributed by atoms with Crippen molar-refractivity contribution in [3.05, 3.63) is 36.0 Å². The minimum Gasteiger partial charge on any atom is -0.370 e. The first kappa shape index (κ1) is 26.5. The number of amides is 4. The molecule has 194 valence electrons. The van der Waals surface area contributed by atoms with Crippen molar-refractivity contribution in [1.82, 2.24) is 26.3 Å². The van der Waals surface area contributed by atoms with Gasteiger partial charge in [0, 0.05) is 30.1 Å². The highest BCUT2D eigenvalue weighted by Crippen LogP contribution is 2.19. The van der Waals surface area contributed by atoms with E-state index >= 15 is 0 Å². The van der Waals surface area contributed by atoms with Gasteiger partial charge < -0.3 is 37.7 Å². The van der Waals surface area contributed by atoms with Crippen molar-refractivity contribution >= 4 is 40.5 Å². The predicted molar refractivity (Wildman–Crippen MR) is 136 cm³/mol. The van der Waals surface area contributed by atoms with Gasteiger partial charge in [0.05, 0.1) is 6.54 Å². The van der Waals surface area contributed by atoms with Gasteiger partial charge in [0.1, 0.15) is 18.1 Å². The maximum Gasteiger partial charge on any atom is 0.243 e. The number of guanidine groups is 1. The molecule has 12 heteroatoms. The number of rotatable bonds is 7. The number of para-hydroxylation sites is 1. The molecule has 9 N–H and O–H groups in total. The quantitative estimate of drug-likeness (QED) is 0.145. The monoisotopic (exact) mass is 498 g/mol. The molecule has 0 spiro atoms. The SMILES string of the molecule is CC(C)[C@@H]1NC(=O)[C@H](Cc2c[nH]c3ccccc23)NC(=O)[C@H](CCCN=C(N)N)NC(=O)CNC1=O. The molecule has 4 amide bonds. The Hall–Kier alpha value is -4.09. The van der Waals surface area contributed by atoms with Crippen LogP contribution in [0.5, 0.6) is 0 Å². The van der Waals surface area contributed by atoms with Crippen molar-refractivity contribution in [2.45, 2.75) is 51.2 Å². The summed E-state index contributed by atoms with van der Waals surface area (Å²) < 4.78 is 0. The lowest BCUT2D eigenvalue weighted by molar-refractivity contribution is -0.136. The van der Waals surface area contributed by atoms with Crippen LogP contribution in [0.3, 0.4) is 0 Å². The summed E-state index contributed by atoms with van der Waals surface area (Å²) in [4.78, 5) is 58.9. The molecule has 1 aliphatic heterocycles. The van der Waals surface area contributed by atoms with E-state index in [-0.39, 0.29) is 37.8 Å². The third kappa shape index (κ3) is 6.96. The van der Waals surface area contributed by atoms with Gasteiger partial charge in [-0.15, -0.1) is 0 Å². The fraction of sp³-hybridized carbons (Fsp3) is 0.458. The number of benzene rings is 1. The first-order chi connectivity index (χ1) is 17.2. The van der Waals surface area contributed by atoms with Crippen molar-refractivity contribution in [2.24, 2.45) is 22.4 Å². The zero-order valence-corrected chi connectivity index (χ0v) is 20.5. The molecule has 1 aromatic carbocycles. The molecular formula is C24H34N8O4. The van der Waals surface area contributed by atoms with Crippen LogP contribution in [0.25, 0.3) is 10.9 Å². The summed E-state index contributed by atoms with van der Waals surface area (Å²) in [5.41, 5.74) is 12.4. The van der Waals surface area contributed by atoms with Gasteiger partial charge in [-0.2, -0.15) is 0 Å². The standard InChI is InChI=1S/C24H34N8O4/c1-13(2)20-23(36)29-12-19(33)30-17(8-5-9-27-24(25)26)21(34)31-18(22(35)32-20)10-14-11-28-16-7-4-3-6-15(14)16/h3-4,6-7,11,13,17-18,20,28H,5,8-10,12H2,1-2H3,(H,29,36)(H,30,33)(H,31,34)(H,32,35)(H4,25,26,27)/t17-,18-,20-/m0/s1. The van der Waals surface area contributed by atoms with Crippen LogP contribution in [-0.4, -0.2) is 65.8 Å². The van der Waals surface area contributed by atoms with E-state index in [1.807, 2.05) is 24.3 Å². The van der Waals surface area contributed by atoms with Gasteiger partial charge >= 0.3 is 0 Å². The Morgan fingerprint density at radius 3 is 2.44 bits per heavy atom. The molecular weight excluding hydrogens is 464 g/mol. The summed E-state index contributed by atoms with van der Waals surface area (Å²) in [6.45, 7) is 3.52. The molecule has 1 fully saturated rings. The van der Waals surface area contributed by atoms with Crippen LogP contribution in [0, 0.1) is 5.92 Å². The smallest absolute Gasteiger partial charge is 0.243 e. The summed E-state index contributed by atoms with van der Waals surface area (Å²) >= 11 is 0. The van der Waals surface area contributed by atoms with Crippen molar-refractivity contribution in [1.29, 1.82) is 0 Å². The van der Waals surface area contributed by atoms with E-state index in [0.29, 0.717) is 6.42 Å². The molecule has 0 radical (unpaired) electrons. The van der Waals surface area contributed by atoms with Crippen LogP contribution in [0.15, 0.2) is 35.5 Å². The van der Waals surface area contributed by atoms with Crippen LogP contribution in [-0.2, 0) is 25.6 Å². The Balaban J connectivity index is 1.88. The molecule has 1 saturated heterocycles. The Kier molecular flexibility index (Phi) is 8.87. The number of hydrogen-bond donors (Lipinski definition) is 7. The van der Waals surface area contributed by atoms with E-state index in [9.17, 15) is 19.2 Å². The fourth-order valence-electron chi connectivity index (χ4n) is 4.09. The van der Waals surface area contributed by atoms with Gasteiger partial charge in [-0.1, -0.05) is 32.0 Å². The molecule has 1 aromatic heterocycles. The van der Waals surface area contributed by atoms with Crippen LogP contribution in [0.4, 0.5) is 0 Å². The largest absolute Gasteiger partial charge is 0.370 e. The number of nitrogens with two attached hydrogens (primary N) is 2. The number of nitrogens with zero attached hydrogens (tertiary/aromatic N) is 1. The second kappa shape index (κ2) is 12.0. The van der Waals surface area contributed by atoms with Gasteiger partial charge in [0.25, 0.3) is 0 Å². The molecule has 2 aromatic rings. The highest BCUT2D eigenvalue weighted by Gasteiger charge is 2.32. The molecule has 2 heterocycles. The van der Waals surface area contributed by atoms with Crippen LogP contribution in [0.2, 0.25) is 0 Å². The Morgan fingerprint density at radius 2 is 1.72 bits per heavy atom. The van der Waals surface area contributed by atoms with Crippen molar-refractivity contribution < 1.29 is 19.2 Å². The van der Waals surface area contributed by atoms with Crippen LogP contribution in [0.1, 0.15) is 32.3 Å². The Morgan fingerprint density at radius 1 is 1.00 bits per heavy atom. The maximum absolute atomic E-state index is 13.4. The van der Waals surface area contributed by atoms with E-state index in [4.69, 9.17) is 11.5 Å². The van der Waals surface area contributed by atoms with Crippen LogP contribution < -0.4 is 32.7 Å². The summed E-state index contributed by atoms with van der Waals surface area (Å²) in [6, 6.07) is 4.83. The van der Waals surface area contributed by atoms with E-state index in [0.717, 1.165) is 16.5 Å². The number of hydrogen-bond acceptors (Lipinski definition) is 5. The predicted octanol–water partition coefficient (Wildman–Crippen LogP) is -0.996. The minimum absolute atomic E-state index is 0.0694. The lowest BCUT2D eigenvalue weighted by atomic mass is 10.00. The number of fused-ring (bicyclic) bond motifs is 1. The summed E-state index contributed by atoms with van der Waals surface area (Å²) in [7, 11) is 0. The van der Waals surface area contributed by atoms with Gasteiger partial charge in [-0.3, -0.25) is 24.2 Å². The number of nitrogens with one attached hydrogen (secondary N) is 5. The summed E-state index contributed by atoms with van der Waals surface area (Å²) in [5, 5.41) is 11.7. The zero-order chi connectivity index (χ0) is 26.2. The Bertz CT molecular complexity index is 1140. The molecule has 0 aliphatic carbocycles. The number of H-pyrrole nitrogens is 1. The van der Waals surface area contributed by atoms with Gasteiger partial charge in [-0.25, -0.2) is 0 Å². The third-order valence-corrected chi connectivity index (χ3v) is 6.00. The molecule has 1 aliphatic rings. The average molecular weight is 499 g/mol. The van der Waals surface area contributed by atoms with Gasteiger partial charge in [0.15, 0.2) is 5.96 Å². The number of aromatic nitrogens is 1. The highest BCUT2D eigenvalue weighted by molar-refractivity contribution is 5.97. The average Bonchev–Trinajstić information content (AvgIpc) is 3.24. The molecule has 0 saturated carbocycles. The van der Waals surface area contributed by atoms with E-state index in [1.165, 1.54) is 0 Å². The van der Waals surface area contributed by atoms with Crippen molar-refractivity contribution in [2.75, 3.05) is 13.1 Å². The number of carbonyl (C=O) groups excluding carboxylic acids is 4. The molecule has 0 bridgehead atoms. The highest BCUT2D eigenvalue weighted by atomic mass is 16.2. The number of carbonyl (C=O) groups is 4. The number of aliphatic imine (C=N–C) groups is 1. The molecule has 3 atom stereocenters. The van der Waals surface area contributed by atoms with Crippen molar-refractivity contribution in [3.8, 4) is 0 Å². The third-order valence-electron chi connectivity index (χ3n) is 6.00. The topological polar surface area (TPSA) is 197 Å². The maximum atomic E-state index is 13.4. The first-order valence-corrected chi connectivity index (χ1v) is 11.9. The summed E-state index contributed by atoms with van der Waals surface area (Å²) in [5.74, 6) is -2.31. The normalized spacial score (nSPS) is 21.6. The van der Waals surface area contributed by atoms with Crippen molar-refractivity contribution in [3.63, 3.8) is 0 Å². The second-order valence-corrected chi connectivity index (χ2v) is 9.14. The van der Waals surface area contributed by atoms with E-state index in [2.05, 4.69) is 31.2 Å². The lowest BCUT2D eigenvalue weighted by Gasteiger charge is -2.28.